The van der Waals surface area contributed by atoms with E-state index in [-0.39, 0.29) is 30.4 Å². The minimum absolute atomic E-state index is 0.0518. The largest absolute Gasteiger partial charge is 0.466 e. The molecule has 144 valence electrons. The lowest BCUT2D eigenvalue weighted by Crippen LogP contribution is -2.35. The zero-order valence-corrected chi connectivity index (χ0v) is 15.6. The number of esters is 1. The minimum Gasteiger partial charge on any atom is -0.466 e. The van der Waals surface area contributed by atoms with Gasteiger partial charge >= 0.3 is 5.97 Å². The fraction of sp³-hybridized carbons (Fsp3) is 0.600. The van der Waals surface area contributed by atoms with Gasteiger partial charge in [-0.15, -0.1) is 0 Å². The molecule has 0 radical (unpaired) electrons. The lowest BCUT2D eigenvalue weighted by molar-refractivity contribution is -0.143. The summed E-state index contributed by atoms with van der Waals surface area (Å²) in [5.41, 5.74) is 0.0518. The third kappa shape index (κ3) is 6.41. The standard InChI is InChI=1S/C20H29FN2O3/c1-2-26-19(24)11-16-23(15-8-7-14-22-12-5-6-13-22)20(25)17-9-3-4-10-18(17)21/h3-4,9-10H,2,5-8,11-16H2,1H3. The van der Waals surface area contributed by atoms with Crippen LogP contribution in [-0.4, -0.2) is 61.0 Å². The second kappa shape index (κ2) is 10.9. The number of halogens is 1. The Bertz CT molecular complexity index is 588. The molecule has 5 nitrogen and oxygen atoms in total. The van der Waals surface area contributed by atoms with Gasteiger partial charge in [-0.2, -0.15) is 0 Å². The van der Waals surface area contributed by atoms with E-state index in [1.807, 2.05) is 0 Å². The van der Waals surface area contributed by atoms with Crippen molar-refractivity contribution in [2.24, 2.45) is 0 Å². The smallest absolute Gasteiger partial charge is 0.307 e. The Kier molecular flexibility index (Phi) is 8.54. The van der Waals surface area contributed by atoms with Crippen molar-refractivity contribution in [1.82, 2.24) is 9.80 Å². The Balaban J connectivity index is 1.90. The molecule has 0 atom stereocenters. The van der Waals surface area contributed by atoms with Crippen LogP contribution >= 0.6 is 0 Å². The molecule has 1 heterocycles. The highest BCUT2D eigenvalue weighted by Gasteiger charge is 2.20. The van der Waals surface area contributed by atoms with E-state index in [4.69, 9.17) is 4.74 Å². The second-order valence-electron chi connectivity index (χ2n) is 6.58. The lowest BCUT2D eigenvalue weighted by Gasteiger charge is -2.23. The number of hydrogen-bond acceptors (Lipinski definition) is 4. The van der Waals surface area contributed by atoms with Gasteiger partial charge in [-0.05, 0) is 64.4 Å². The molecule has 1 aromatic carbocycles. The van der Waals surface area contributed by atoms with Crippen molar-refractivity contribution in [3.8, 4) is 0 Å². The van der Waals surface area contributed by atoms with Gasteiger partial charge in [0.2, 0.25) is 0 Å². The van der Waals surface area contributed by atoms with Gasteiger partial charge in [0.1, 0.15) is 5.82 Å². The van der Waals surface area contributed by atoms with Crippen molar-refractivity contribution in [2.75, 3.05) is 39.3 Å². The van der Waals surface area contributed by atoms with E-state index in [2.05, 4.69) is 4.90 Å². The summed E-state index contributed by atoms with van der Waals surface area (Å²) < 4.78 is 18.9. The molecule has 0 saturated carbocycles. The molecule has 1 aliphatic rings. The first-order valence-electron chi connectivity index (χ1n) is 9.53. The maximum Gasteiger partial charge on any atom is 0.307 e. The highest BCUT2D eigenvalue weighted by molar-refractivity contribution is 5.94. The van der Waals surface area contributed by atoms with Crippen LogP contribution < -0.4 is 0 Å². The summed E-state index contributed by atoms with van der Waals surface area (Å²) in [6.07, 6.45) is 4.47. The molecule has 0 unspecified atom stereocenters. The molecule has 1 aromatic rings. The summed E-state index contributed by atoms with van der Waals surface area (Å²) in [4.78, 5) is 28.3. The molecular weight excluding hydrogens is 335 g/mol. The zero-order valence-electron chi connectivity index (χ0n) is 15.6. The van der Waals surface area contributed by atoms with Gasteiger partial charge in [-0.3, -0.25) is 9.59 Å². The molecular formula is C20H29FN2O3. The number of hydrogen-bond donors (Lipinski definition) is 0. The number of ether oxygens (including phenoxy) is 1. The fourth-order valence-electron chi connectivity index (χ4n) is 3.22. The predicted octanol–water partition coefficient (Wildman–Crippen LogP) is 3.10. The molecule has 26 heavy (non-hydrogen) atoms. The van der Waals surface area contributed by atoms with Crippen molar-refractivity contribution < 1.29 is 18.7 Å². The summed E-state index contributed by atoms with van der Waals surface area (Å²) in [5, 5.41) is 0. The number of benzene rings is 1. The van der Waals surface area contributed by atoms with Crippen LogP contribution in [0.3, 0.4) is 0 Å². The summed E-state index contributed by atoms with van der Waals surface area (Å²) in [5.74, 6) is -1.24. The van der Waals surface area contributed by atoms with Gasteiger partial charge in [0.25, 0.3) is 5.91 Å². The van der Waals surface area contributed by atoms with Crippen molar-refractivity contribution in [3.63, 3.8) is 0 Å². The summed E-state index contributed by atoms with van der Waals surface area (Å²) >= 11 is 0. The summed E-state index contributed by atoms with van der Waals surface area (Å²) in [6, 6.07) is 5.97. The minimum atomic E-state index is -0.532. The number of rotatable bonds is 10. The summed E-state index contributed by atoms with van der Waals surface area (Å²) in [7, 11) is 0. The van der Waals surface area contributed by atoms with Crippen LogP contribution in [0.5, 0.6) is 0 Å². The van der Waals surface area contributed by atoms with Gasteiger partial charge in [0, 0.05) is 13.1 Å². The van der Waals surface area contributed by atoms with Crippen molar-refractivity contribution in [3.05, 3.63) is 35.6 Å². The van der Waals surface area contributed by atoms with Gasteiger partial charge in [0.05, 0.1) is 18.6 Å². The van der Waals surface area contributed by atoms with E-state index < -0.39 is 5.82 Å². The van der Waals surface area contributed by atoms with Crippen molar-refractivity contribution in [1.29, 1.82) is 0 Å². The molecule has 6 heteroatoms. The number of nitrogens with zero attached hydrogens (tertiary/aromatic N) is 2. The average Bonchev–Trinajstić information content (AvgIpc) is 3.14. The second-order valence-corrected chi connectivity index (χ2v) is 6.58. The maximum atomic E-state index is 14.0. The Morgan fingerprint density at radius 3 is 2.58 bits per heavy atom. The van der Waals surface area contributed by atoms with E-state index in [1.54, 1.807) is 24.0 Å². The number of unbranched alkanes of at least 4 members (excludes halogenated alkanes) is 1. The van der Waals surface area contributed by atoms with Crippen LogP contribution in [0.15, 0.2) is 24.3 Å². The summed E-state index contributed by atoms with van der Waals surface area (Å²) in [6.45, 7) is 6.16. The highest BCUT2D eigenvalue weighted by Crippen LogP contribution is 2.13. The zero-order chi connectivity index (χ0) is 18.8. The van der Waals surface area contributed by atoms with E-state index >= 15 is 0 Å². The van der Waals surface area contributed by atoms with E-state index in [9.17, 15) is 14.0 Å². The van der Waals surface area contributed by atoms with Crippen molar-refractivity contribution in [2.45, 2.75) is 39.0 Å². The SMILES string of the molecule is CCOC(=O)CCN(CCCCN1CCCC1)C(=O)c1ccccc1F. The Morgan fingerprint density at radius 1 is 1.15 bits per heavy atom. The predicted molar refractivity (Wildman–Crippen MR) is 98.5 cm³/mol. The van der Waals surface area contributed by atoms with Crippen LogP contribution in [0.4, 0.5) is 4.39 Å². The molecule has 0 aromatic heterocycles. The maximum absolute atomic E-state index is 14.0. The normalized spacial score (nSPS) is 14.4. The molecule has 1 saturated heterocycles. The van der Waals surface area contributed by atoms with E-state index in [1.165, 1.54) is 25.0 Å². The molecule has 0 N–H and O–H groups in total. The number of carbonyl (C=O) groups is 2. The van der Waals surface area contributed by atoms with Crippen LogP contribution in [0.25, 0.3) is 0 Å². The topological polar surface area (TPSA) is 49.9 Å². The number of amides is 1. The monoisotopic (exact) mass is 364 g/mol. The Hall–Kier alpha value is -1.95. The molecule has 0 spiro atoms. The van der Waals surface area contributed by atoms with Gasteiger partial charge in [-0.25, -0.2) is 4.39 Å². The van der Waals surface area contributed by atoms with Crippen molar-refractivity contribution >= 4 is 11.9 Å². The average molecular weight is 364 g/mol. The quantitative estimate of drug-likeness (QED) is 0.473. The van der Waals surface area contributed by atoms with E-state index in [0.29, 0.717) is 13.2 Å². The van der Waals surface area contributed by atoms with Gasteiger partial charge in [0.15, 0.2) is 0 Å². The first kappa shape index (κ1) is 20.4. The molecule has 1 aliphatic heterocycles. The molecule has 1 amide bonds. The first-order chi connectivity index (χ1) is 12.6. The molecule has 0 aliphatic carbocycles. The number of likely N-dealkylation sites (tertiary alicyclic amines) is 1. The van der Waals surface area contributed by atoms with Gasteiger partial charge < -0.3 is 14.5 Å². The Labute approximate surface area is 155 Å². The van der Waals surface area contributed by atoms with Gasteiger partial charge in [-0.1, -0.05) is 12.1 Å². The first-order valence-corrected chi connectivity index (χ1v) is 9.53. The Morgan fingerprint density at radius 2 is 1.88 bits per heavy atom. The van der Waals surface area contributed by atoms with E-state index in [0.717, 1.165) is 32.5 Å². The molecule has 1 fully saturated rings. The lowest BCUT2D eigenvalue weighted by atomic mass is 10.1. The van der Waals surface area contributed by atoms with Crippen LogP contribution in [0.1, 0.15) is 49.4 Å². The molecule has 2 rings (SSSR count). The highest BCUT2D eigenvalue weighted by atomic mass is 19.1. The fourth-order valence-corrected chi connectivity index (χ4v) is 3.22. The third-order valence-corrected chi connectivity index (χ3v) is 4.63. The number of carbonyl (C=O) groups excluding carboxylic acids is 2. The third-order valence-electron chi connectivity index (χ3n) is 4.63. The van der Waals surface area contributed by atoms with Crippen LogP contribution in [-0.2, 0) is 9.53 Å². The molecule has 0 bridgehead atoms. The van der Waals surface area contributed by atoms with Crippen LogP contribution in [0, 0.1) is 5.82 Å². The van der Waals surface area contributed by atoms with Crippen LogP contribution in [0.2, 0.25) is 0 Å².